The van der Waals surface area contributed by atoms with Crippen LogP contribution in [0.25, 0.3) is 0 Å². The highest BCUT2D eigenvalue weighted by Crippen LogP contribution is 2.14. The zero-order valence-corrected chi connectivity index (χ0v) is 6.59. The highest BCUT2D eigenvalue weighted by Gasteiger charge is 2.20. The second-order valence-corrected chi connectivity index (χ2v) is 3.08. The van der Waals surface area contributed by atoms with Gasteiger partial charge in [0, 0.05) is 18.6 Å². The van der Waals surface area contributed by atoms with Crippen molar-refractivity contribution in [1.82, 2.24) is 4.90 Å². The van der Waals surface area contributed by atoms with Gasteiger partial charge in [0.15, 0.2) is 0 Å². The predicted molar refractivity (Wildman–Crippen MR) is 43.8 cm³/mol. The van der Waals surface area contributed by atoms with Crippen molar-refractivity contribution in [3.8, 4) is 0 Å². The van der Waals surface area contributed by atoms with Crippen molar-refractivity contribution in [2.24, 2.45) is 5.73 Å². The summed E-state index contributed by atoms with van der Waals surface area (Å²) in [4.78, 5) is 2.27. The molecule has 1 fully saturated rings. The molecule has 1 heterocycles. The Labute approximate surface area is 62.7 Å². The quantitative estimate of drug-likeness (QED) is 0.540. The highest BCUT2D eigenvalue weighted by molar-refractivity contribution is 4.91. The minimum Gasteiger partial charge on any atom is -0.327 e. The molecule has 2 nitrogen and oxygen atoms in total. The van der Waals surface area contributed by atoms with Gasteiger partial charge in [-0.2, -0.15) is 0 Å². The van der Waals surface area contributed by atoms with Crippen molar-refractivity contribution >= 4 is 0 Å². The largest absolute Gasteiger partial charge is 0.327 e. The van der Waals surface area contributed by atoms with E-state index in [-0.39, 0.29) is 0 Å². The van der Waals surface area contributed by atoms with Gasteiger partial charge in [-0.3, -0.25) is 4.90 Å². The molecule has 10 heavy (non-hydrogen) atoms. The van der Waals surface area contributed by atoms with E-state index in [1.807, 2.05) is 6.08 Å². The molecule has 0 aliphatic carbocycles. The molecule has 0 spiro atoms. The first-order valence-electron chi connectivity index (χ1n) is 3.82. The zero-order valence-electron chi connectivity index (χ0n) is 6.59. The molecule has 0 saturated carbocycles. The van der Waals surface area contributed by atoms with Gasteiger partial charge in [-0.25, -0.2) is 0 Å². The van der Waals surface area contributed by atoms with E-state index >= 15 is 0 Å². The molecule has 1 saturated heterocycles. The molecule has 0 bridgehead atoms. The van der Waals surface area contributed by atoms with Gasteiger partial charge in [0.1, 0.15) is 0 Å². The van der Waals surface area contributed by atoms with E-state index < -0.39 is 0 Å². The van der Waals surface area contributed by atoms with Crippen LogP contribution in [0.4, 0.5) is 0 Å². The minimum absolute atomic E-state index is 0.376. The summed E-state index contributed by atoms with van der Waals surface area (Å²) < 4.78 is 0. The van der Waals surface area contributed by atoms with Crippen molar-refractivity contribution < 1.29 is 0 Å². The normalized spacial score (nSPS) is 35.8. The molecule has 0 amide bonds. The molecule has 1 aliphatic rings. The maximum absolute atomic E-state index is 5.77. The summed E-state index contributed by atoms with van der Waals surface area (Å²) in [7, 11) is 2.10. The summed E-state index contributed by atoms with van der Waals surface area (Å²) in [6.07, 6.45) is 4.31. The lowest BCUT2D eigenvalue weighted by Gasteiger charge is -2.33. The lowest BCUT2D eigenvalue weighted by molar-refractivity contribution is 0.202. The Morgan fingerprint density at radius 2 is 2.30 bits per heavy atom. The Balaban J connectivity index is 2.43. The van der Waals surface area contributed by atoms with E-state index in [4.69, 9.17) is 5.73 Å². The number of nitrogens with zero attached hydrogens (tertiary/aromatic N) is 1. The van der Waals surface area contributed by atoms with Crippen LogP contribution in [0.5, 0.6) is 0 Å². The monoisotopic (exact) mass is 140 g/mol. The number of nitrogens with two attached hydrogens (primary N) is 1. The lowest BCUT2D eigenvalue weighted by atomic mass is 10.00. The van der Waals surface area contributed by atoms with Crippen LogP contribution in [0.15, 0.2) is 12.7 Å². The Morgan fingerprint density at radius 1 is 1.60 bits per heavy atom. The Bertz CT molecular complexity index is 122. The SMILES string of the molecule is C=C[C@@H]1CCC(N)CN1C. The van der Waals surface area contributed by atoms with Crippen LogP contribution >= 0.6 is 0 Å². The first kappa shape index (κ1) is 7.76. The maximum atomic E-state index is 5.77. The third-order valence-corrected chi connectivity index (χ3v) is 2.19. The second kappa shape index (κ2) is 3.17. The van der Waals surface area contributed by atoms with E-state index in [0.29, 0.717) is 12.1 Å². The van der Waals surface area contributed by atoms with E-state index in [0.717, 1.165) is 13.0 Å². The standard InChI is InChI=1S/C8H16N2/c1-3-8-5-4-7(9)6-10(8)2/h3,7-8H,1,4-6,9H2,2H3/t7?,8-/m1/s1. The fourth-order valence-corrected chi connectivity index (χ4v) is 1.50. The summed E-state index contributed by atoms with van der Waals surface area (Å²) in [5.41, 5.74) is 5.77. The number of piperidine rings is 1. The Morgan fingerprint density at radius 3 is 2.80 bits per heavy atom. The van der Waals surface area contributed by atoms with Crippen LogP contribution in [-0.2, 0) is 0 Å². The third kappa shape index (κ3) is 1.58. The van der Waals surface area contributed by atoms with Crippen LogP contribution in [-0.4, -0.2) is 30.6 Å². The zero-order chi connectivity index (χ0) is 7.56. The number of hydrogen-bond donors (Lipinski definition) is 1. The Kier molecular flexibility index (Phi) is 2.46. The van der Waals surface area contributed by atoms with Crippen molar-refractivity contribution in [1.29, 1.82) is 0 Å². The molecule has 2 heteroatoms. The van der Waals surface area contributed by atoms with Gasteiger partial charge < -0.3 is 5.73 Å². The fourth-order valence-electron chi connectivity index (χ4n) is 1.50. The van der Waals surface area contributed by atoms with Gasteiger partial charge in [-0.05, 0) is 19.9 Å². The van der Waals surface area contributed by atoms with Crippen LogP contribution in [0.3, 0.4) is 0 Å². The maximum Gasteiger partial charge on any atom is 0.0273 e. The molecule has 2 atom stereocenters. The topological polar surface area (TPSA) is 29.3 Å². The molecule has 1 aliphatic heterocycles. The average molecular weight is 140 g/mol. The highest BCUT2D eigenvalue weighted by atomic mass is 15.1. The molecule has 1 unspecified atom stereocenters. The van der Waals surface area contributed by atoms with Gasteiger partial charge in [0.25, 0.3) is 0 Å². The molecular formula is C8H16N2. The van der Waals surface area contributed by atoms with Crippen LogP contribution < -0.4 is 5.73 Å². The number of likely N-dealkylation sites (tertiary alicyclic amines) is 1. The van der Waals surface area contributed by atoms with Crippen molar-refractivity contribution in [2.45, 2.75) is 24.9 Å². The molecule has 0 aromatic heterocycles. The van der Waals surface area contributed by atoms with Crippen LogP contribution in [0.2, 0.25) is 0 Å². The lowest BCUT2D eigenvalue weighted by Crippen LogP contribution is -2.45. The summed E-state index contributed by atoms with van der Waals surface area (Å²) >= 11 is 0. The van der Waals surface area contributed by atoms with Gasteiger partial charge in [0.2, 0.25) is 0 Å². The van der Waals surface area contributed by atoms with E-state index in [1.165, 1.54) is 6.42 Å². The number of rotatable bonds is 1. The van der Waals surface area contributed by atoms with Gasteiger partial charge in [0.05, 0.1) is 0 Å². The van der Waals surface area contributed by atoms with Gasteiger partial charge in [-0.15, -0.1) is 6.58 Å². The van der Waals surface area contributed by atoms with Crippen LogP contribution in [0.1, 0.15) is 12.8 Å². The van der Waals surface area contributed by atoms with Gasteiger partial charge in [-0.1, -0.05) is 6.08 Å². The van der Waals surface area contributed by atoms with Crippen LogP contribution in [0, 0.1) is 0 Å². The summed E-state index contributed by atoms with van der Waals surface area (Å²) in [5.74, 6) is 0. The van der Waals surface area contributed by atoms with Crippen molar-refractivity contribution in [3.05, 3.63) is 12.7 Å². The smallest absolute Gasteiger partial charge is 0.0273 e. The average Bonchev–Trinajstić information content (AvgIpc) is 1.88. The summed E-state index contributed by atoms with van der Waals surface area (Å²) in [5, 5.41) is 0. The molecular weight excluding hydrogens is 124 g/mol. The number of hydrogen-bond acceptors (Lipinski definition) is 2. The first-order chi connectivity index (χ1) is 4.74. The molecule has 58 valence electrons. The summed E-state index contributed by atoms with van der Waals surface area (Å²) in [6, 6.07) is 0.931. The van der Waals surface area contributed by atoms with E-state index in [1.54, 1.807) is 0 Å². The Hall–Kier alpha value is -0.340. The predicted octanol–water partition coefficient (Wildman–Crippen LogP) is 0.594. The van der Waals surface area contributed by atoms with Gasteiger partial charge >= 0.3 is 0 Å². The third-order valence-electron chi connectivity index (χ3n) is 2.19. The van der Waals surface area contributed by atoms with Crippen molar-refractivity contribution in [3.63, 3.8) is 0 Å². The minimum atomic E-state index is 0.376. The summed E-state index contributed by atoms with van der Waals surface area (Å²) in [6.45, 7) is 4.79. The van der Waals surface area contributed by atoms with Crippen molar-refractivity contribution in [2.75, 3.05) is 13.6 Å². The number of likely N-dealkylation sites (N-methyl/N-ethyl adjacent to an activating group) is 1. The fraction of sp³-hybridized carbons (Fsp3) is 0.750. The molecule has 2 N–H and O–H groups in total. The molecule has 0 radical (unpaired) electrons. The first-order valence-corrected chi connectivity index (χ1v) is 3.82. The molecule has 0 aromatic rings. The second-order valence-electron chi connectivity index (χ2n) is 3.08. The van der Waals surface area contributed by atoms with E-state index in [9.17, 15) is 0 Å². The van der Waals surface area contributed by atoms with E-state index in [2.05, 4.69) is 18.5 Å². The molecule has 0 aromatic carbocycles. The molecule has 1 rings (SSSR count).